The Balaban J connectivity index is 1.67. The lowest BCUT2D eigenvalue weighted by molar-refractivity contribution is -0.147. The minimum Gasteiger partial charge on any atom is -0.481 e. The summed E-state index contributed by atoms with van der Waals surface area (Å²) in [5.41, 5.74) is 0.491. The summed E-state index contributed by atoms with van der Waals surface area (Å²) >= 11 is 12.4. The van der Waals surface area contributed by atoms with Crippen LogP contribution in [0.5, 0.6) is 0 Å². The fraction of sp³-hybridized carbons (Fsp3) is 0.517. The van der Waals surface area contributed by atoms with Gasteiger partial charge in [0.25, 0.3) is 0 Å². The van der Waals surface area contributed by atoms with Crippen molar-refractivity contribution in [3.63, 3.8) is 0 Å². The third-order valence-corrected chi connectivity index (χ3v) is 11.1. The van der Waals surface area contributed by atoms with Gasteiger partial charge in [-0.15, -0.1) is 0 Å². The highest BCUT2D eigenvalue weighted by atomic mass is 35.5. The van der Waals surface area contributed by atoms with Crippen LogP contribution in [0.15, 0.2) is 48.5 Å². The van der Waals surface area contributed by atoms with Crippen LogP contribution in [-0.4, -0.2) is 37.2 Å². The zero-order chi connectivity index (χ0) is 27.7. The van der Waals surface area contributed by atoms with Crippen LogP contribution in [-0.2, 0) is 19.4 Å². The van der Waals surface area contributed by atoms with Crippen molar-refractivity contribution >= 4 is 44.9 Å². The largest absolute Gasteiger partial charge is 0.481 e. The topological polar surface area (TPSA) is 101 Å². The molecule has 1 heterocycles. The predicted octanol–water partition coefficient (Wildman–Crippen LogP) is 6.43. The van der Waals surface area contributed by atoms with Gasteiger partial charge in [0, 0.05) is 22.0 Å². The Hall–Kier alpha value is -2.09. The molecule has 0 spiro atoms. The number of rotatable bonds is 10. The van der Waals surface area contributed by atoms with E-state index in [0.29, 0.717) is 28.5 Å². The maximum Gasteiger partial charge on any atom is 0.304 e. The Morgan fingerprint density at radius 1 is 1.13 bits per heavy atom. The van der Waals surface area contributed by atoms with E-state index in [0.717, 1.165) is 24.8 Å². The van der Waals surface area contributed by atoms with Gasteiger partial charge in [-0.3, -0.25) is 9.59 Å². The number of sulfone groups is 1. The minimum absolute atomic E-state index is 0.151. The van der Waals surface area contributed by atoms with E-state index in [1.807, 2.05) is 25.1 Å². The van der Waals surface area contributed by atoms with Crippen molar-refractivity contribution in [2.24, 2.45) is 17.3 Å². The molecule has 2 aromatic carbocycles. The molecule has 2 aliphatic rings. The second kappa shape index (κ2) is 11.6. The number of carbonyl (C=O) groups is 2. The molecular formula is C29H35Cl2NO5S. The molecule has 1 saturated carbocycles. The van der Waals surface area contributed by atoms with Crippen LogP contribution in [0.25, 0.3) is 0 Å². The molecule has 0 radical (unpaired) electrons. The van der Waals surface area contributed by atoms with Gasteiger partial charge < -0.3 is 10.4 Å². The van der Waals surface area contributed by atoms with E-state index in [1.165, 1.54) is 0 Å². The molecule has 1 saturated heterocycles. The third kappa shape index (κ3) is 6.54. The summed E-state index contributed by atoms with van der Waals surface area (Å²) in [6.07, 6.45) is 3.27. The molecule has 1 unspecified atom stereocenters. The molecule has 4 rings (SSSR count). The second-order valence-electron chi connectivity index (χ2n) is 11.4. The average Bonchev–Trinajstić information content (AvgIpc) is 2.81. The van der Waals surface area contributed by atoms with E-state index >= 15 is 0 Å². The first-order valence-electron chi connectivity index (χ1n) is 13.1. The second-order valence-corrected chi connectivity index (χ2v) is 14.5. The predicted molar refractivity (Wildman–Crippen MR) is 150 cm³/mol. The summed E-state index contributed by atoms with van der Waals surface area (Å²) in [5, 5.41) is 12.9. The molecule has 0 bridgehead atoms. The molecule has 9 heteroatoms. The van der Waals surface area contributed by atoms with Crippen LogP contribution in [0.4, 0.5) is 0 Å². The molecule has 0 aromatic heterocycles. The number of benzene rings is 2. The zero-order valence-electron chi connectivity index (χ0n) is 21.7. The van der Waals surface area contributed by atoms with Crippen molar-refractivity contribution in [2.75, 3.05) is 5.75 Å². The van der Waals surface area contributed by atoms with Gasteiger partial charge in [-0.2, -0.15) is 0 Å². The first kappa shape index (κ1) is 28.9. The van der Waals surface area contributed by atoms with Crippen LogP contribution in [0, 0.1) is 17.3 Å². The SMILES string of the molecule is CC(C[C@@H](c1ccc(Cl)cc1)S(=O)(=O)CC1CCC1)[C@@H]1NC(=O)[C@](C)(CC(=O)O)C[C@@H]1c1cccc(Cl)c1. The maximum atomic E-state index is 13.7. The molecule has 5 atom stereocenters. The van der Waals surface area contributed by atoms with Gasteiger partial charge >= 0.3 is 5.97 Å². The summed E-state index contributed by atoms with van der Waals surface area (Å²) in [4.78, 5) is 24.9. The minimum atomic E-state index is -3.48. The first-order valence-corrected chi connectivity index (χ1v) is 15.6. The number of carboxylic acids is 1. The molecule has 2 fully saturated rings. The Kier molecular flexibility index (Phi) is 8.80. The summed E-state index contributed by atoms with van der Waals surface area (Å²) in [5.74, 6) is -1.48. The van der Waals surface area contributed by atoms with E-state index in [-0.39, 0.29) is 35.8 Å². The van der Waals surface area contributed by atoms with Crippen molar-refractivity contribution in [1.82, 2.24) is 5.32 Å². The van der Waals surface area contributed by atoms with Crippen LogP contribution in [0.3, 0.4) is 0 Å². The molecule has 1 aliphatic heterocycles. The van der Waals surface area contributed by atoms with Gasteiger partial charge in [0.2, 0.25) is 5.91 Å². The van der Waals surface area contributed by atoms with Crippen LogP contribution in [0.1, 0.15) is 74.7 Å². The van der Waals surface area contributed by atoms with Crippen LogP contribution in [0.2, 0.25) is 10.0 Å². The lowest BCUT2D eigenvalue weighted by Crippen LogP contribution is -2.56. The third-order valence-electron chi connectivity index (χ3n) is 8.34. The van der Waals surface area contributed by atoms with Crippen molar-refractivity contribution < 1.29 is 23.1 Å². The fourth-order valence-electron chi connectivity index (χ4n) is 5.97. The van der Waals surface area contributed by atoms with Gasteiger partial charge in [-0.25, -0.2) is 8.42 Å². The van der Waals surface area contributed by atoms with Crippen LogP contribution < -0.4 is 5.32 Å². The van der Waals surface area contributed by atoms with Gasteiger partial charge in [0.1, 0.15) is 0 Å². The van der Waals surface area contributed by atoms with Crippen molar-refractivity contribution in [3.05, 3.63) is 69.7 Å². The monoisotopic (exact) mass is 579 g/mol. The molecule has 2 aromatic rings. The highest BCUT2D eigenvalue weighted by molar-refractivity contribution is 7.91. The van der Waals surface area contributed by atoms with E-state index in [9.17, 15) is 23.1 Å². The number of amides is 1. The number of nitrogens with one attached hydrogen (secondary N) is 1. The quantitative estimate of drug-likeness (QED) is 0.338. The van der Waals surface area contributed by atoms with Gasteiger partial charge in [0.15, 0.2) is 9.84 Å². The summed E-state index contributed by atoms with van der Waals surface area (Å²) in [6, 6.07) is 14.0. The summed E-state index contributed by atoms with van der Waals surface area (Å²) in [6.45, 7) is 3.64. The van der Waals surface area contributed by atoms with E-state index < -0.39 is 32.5 Å². The van der Waals surface area contributed by atoms with Crippen LogP contribution >= 0.6 is 23.2 Å². The lowest BCUT2D eigenvalue weighted by atomic mass is 9.67. The van der Waals surface area contributed by atoms with Crippen molar-refractivity contribution in [3.8, 4) is 0 Å². The summed E-state index contributed by atoms with van der Waals surface area (Å²) < 4.78 is 27.4. The molecule has 38 heavy (non-hydrogen) atoms. The summed E-state index contributed by atoms with van der Waals surface area (Å²) in [7, 11) is -3.48. The number of halogens is 2. The first-order chi connectivity index (χ1) is 17.9. The number of carboxylic acid groups (broad SMARTS) is 1. The smallest absolute Gasteiger partial charge is 0.304 e. The molecule has 206 valence electrons. The maximum absolute atomic E-state index is 13.7. The normalized spacial score (nSPS) is 25.7. The zero-order valence-corrected chi connectivity index (χ0v) is 24.0. The van der Waals surface area contributed by atoms with Gasteiger partial charge in [-0.1, -0.05) is 67.7 Å². The van der Waals surface area contributed by atoms with Crippen molar-refractivity contribution in [2.45, 2.75) is 69.6 Å². The fourth-order valence-corrected chi connectivity index (χ4v) is 8.69. The number of hydrogen-bond donors (Lipinski definition) is 2. The number of hydrogen-bond acceptors (Lipinski definition) is 4. The standard InChI is InChI=1S/C29H35Cl2NO5S/c1-18(13-25(20-9-11-22(30)12-10-20)38(36,37)17-19-5-3-6-19)27-24(21-7-4-8-23(31)14-21)15-29(2,16-26(33)34)28(35)32-27/h4,7-12,14,18-19,24-25,27H,3,5-6,13,15-17H2,1-2H3,(H,32,35)(H,33,34)/t18?,24-,25+,27+,29+/m1/s1. The Bertz CT molecular complexity index is 1280. The highest BCUT2D eigenvalue weighted by Crippen LogP contribution is 2.45. The van der Waals surface area contributed by atoms with E-state index in [4.69, 9.17) is 23.2 Å². The van der Waals surface area contributed by atoms with E-state index in [2.05, 4.69) is 5.32 Å². The lowest BCUT2D eigenvalue weighted by Gasteiger charge is -2.45. The Morgan fingerprint density at radius 2 is 1.82 bits per heavy atom. The molecular weight excluding hydrogens is 545 g/mol. The van der Waals surface area contributed by atoms with Crippen molar-refractivity contribution in [1.29, 1.82) is 0 Å². The Morgan fingerprint density at radius 3 is 2.39 bits per heavy atom. The van der Waals surface area contributed by atoms with Gasteiger partial charge in [-0.05, 0) is 72.9 Å². The van der Waals surface area contributed by atoms with E-state index in [1.54, 1.807) is 37.3 Å². The van der Waals surface area contributed by atoms with Gasteiger partial charge in [0.05, 0.1) is 22.8 Å². The molecule has 1 amide bonds. The number of carbonyl (C=O) groups excluding carboxylic acids is 1. The molecule has 1 aliphatic carbocycles. The average molecular weight is 581 g/mol. The molecule has 6 nitrogen and oxygen atoms in total. The highest BCUT2D eigenvalue weighted by Gasteiger charge is 2.48. The number of piperidine rings is 1. The number of aliphatic carboxylic acids is 1. The molecule has 2 N–H and O–H groups in total. The Labute approximate surface area is 235 Å².